The van der Waals surface area contributed by atoms with Gasteiger partial charge in [0.25, 0.3) is 0 Å². The minimum Gasteiger partial charge on any atom is -0.331 e. The van der Waals surface area contributed by atoms with Crippen LogP contribution in [0, 0.1) is 6.92 Å². The average molecular weight is 254 g/mol. The van der Waals surface area contributed by atoms with E-state index >= 15 is 0 Å². The van der Waals surface area contributed by atoms with Gasteiger partial charge in [0.05, 0.1) is 11.1 Å². The topological polar surface area (TPSA) is 17.8 Å². The zero-order chi connectivity index (χ0) is 13.1. The molecule has 0 aliphatic heterocycles. The van der Waals surface area contributed by atoms with Crippen LogP contribution in [0.25, 0.3) is 11.0 Å². The molecule has 96 valence electrons. The summed E-state index contributed by atoms with van der Waals surface area (Å²) < 4.78 is 40.9. The van der Waals surface area contributed by atoms with Gasteiger partial charge < -0.3 is 4.57 Å². The summed E-state index contributed by atoms with van der Waals surface area (Å²) >= 11 is 0. The van der Waals surface area contributed by atoms with E-state index < -0.39 is 11.7 Å². The van der Waals surface area contributed by atoms with Gasteiger partial charge >= 0.3 is 6.18 Å². The number of aromatic nitrogens is 2. The Labute approximate surface area is 102 Å². The SMILES string of the molecule is Cc1nc2c(C(F)(F)F)cc(C3CC3)cc2n1C. The normalized spacial score (nSPS) is 16.5. The van der Waals surface area contributed by atoms with Crippen molar-refractivity contribution in [1.82, 2.24) is 9.55 Å². The lowest BCUT2D eigenvalue weighted by Crippen LogP contribution is -2.07. The molecule has 5 heteroatoms. The highest BCUT2D eigenvalue weighted by atomic mass is 19.4. The van der Waals surface area contributed by atoms with Crippen molar-refractivity contribution >= 4 is 11.0 Å². The minimum atomic E-state index is -4.34. The second-order valence-electron chi connectivity index (χ2n) is 4.93. The first-order chi connectivity index (χ1) is 8.38. The number of alkyl halides is 3. The van der Waals surface area contributed by atoms with E-state index in [0.717, 1.165) is 18.4 Å². The Morgan fingerprint density at radius 3 is 2.50 bits per heavy atom. The average Bonchev–Trinajstić information content (AvgIpc) is 3.06. The number of nitrogens with zero attached hydrogens (tertiary/aromatic N) is 2. The van der Waals surface area contributed by atoms with Crippen molar-refractivity contribution in [2.45, 2.75) is 31.9 Å². The number of hydrogen-bond donors (Lipinski definition) is 0. The van der Waals surface area contributed by atoms with Crippen molar-refractivity contribution < 1.29 is 13.2 Å². The molecule has 1 heterocycles. The van der Waals surface area contributed by atoms with Crippen LogP contribution in [0.15, 0.2) is 12.1 Å². The van der Waals surface area contributed by atoms with E-state index in [1.807, 2.05) is 6.07 Å². The third kappa shape index (κ3) is 1.69. The Bertz CT molecular complexity index is 621. The van der Waals surface area contributed by atoms with Crippen LogP contribution in [-0.2, 0) is 13.2 Å². The molecule has 0 radical (unpaired) electrons. The fourth-order valence-electron chi connectivity index (χ4n) is 2.29. The predicted octanol–water partition coefficient (Wildman–Crippen LogP) is 3.78. The zero-order valence-corrected chi connectivity index (χ0v) is 10.2. The van der Waals surface area contributed by atoms with Crippen molar-refractivity contribution in [2.24, 2.45) is 7.05 Å². The number of imidazole rings is 1. The summed E-state index contributed by atoms with van der Waals surface area (Å²) in [6.07, 6.45) is -2.37. The van der Waals surface area contributed by atoms with E-state index in [2.05, 4.69) is 4.98 Å². The summed E-state index contributed by atoms with van der Waals surface area (Å²) in [5.74, 6) is 0.897. The second-order valence-corrected chi connectivity index (χ2v) is 4.93. The molecule has 0 atom stereocenters. The lowest BCUT2D eigenvalue weighted by molar-refractivity contribution is -0.136. The molecule has 0 saturated heterocycles. The van der Waals surface area contributed by atoms with E-state index in [4.69, 9.17) is 0 Å². The van der Waals surface area contributed by atoms with E-state index in [0.29, 0.717) is 17.3 Å². The monoisotopic (exact) mass is 254 g/mol. The Morgan fingerprint density at radius 2 is 1.94 bits per heavy atom. The first-order valence-corrected chi connectivity index (χ1v) is 5.92. The third-order valence-electron chi connectivity index (χ3n) is 3.59. The van der Waals surface area contributed by atoms with Gasteiger partial charge in [0.2, 0.25) is 0 Å². The molecule has 0 spiro atoms. The Balaban J connectivity index is 2.34. The van der Waals surface area contributed by atoms with Crippen LogP contribution in [-0.4, -0.2) is 9.55 Å². The highest BCUT2D eigenvalue weighted by molar-refractivity contribution is 5.81. The molecule has 3 rings (SSSR count). The Kier molecular flexibility index (Phi) is 2.24. The predicted molar refractivity (Wildman–Crippen MR) is 62.4 cm³/mol. The summed E-state index contributed by atoms with van der Waals surface area (Å²) in [6, 6.07) is 3.12. The van der Waals surface area contributed by atoms with Crippen molar-refractivity contribution in [3.8, 4) is 0 Å². The maximum Gasteiger partial charge on any atom is 0.418 e. The smallest absolute Gasteiger partial charge is 0.331 e. The highest BCUT2D eigenvalue weighted by Crippen LogP contribution is 2.44. The van der Waals surface area contributed by atoms with E-state index in [-0.39, 0.29) is 5.52 Å². The quantitative estimate of drug-likeness (QED) is 0.757. The van der Waals surface area contributed by atoms with Crippen LogP contribution in [0.4, 0.5) is 13.2 Å². The molecule has 1 aliphatic carbocycles. The van der Waals surface area contributed by atoms with Gasteiger partial charge in [0.15, 0.2) is 0 Å². The molecule has 0 N–H and O–H groups in total. The molecule has 1 aliphatic rings. The number of fused-ring (bicyclic) bond motifs is 1. The first kappa shape index (κ1) is 11.6. The number of halogens is 3. The van der Waals surface area contributed by atoms with Gasteiger partial charge in [-0.1, -0.05) is 0 Å². The van der Waals surface area contributed by atoms with Crippen molar-refractivity contribution in [2.75, 3.05) is 0 Å². The molecule has 1 saturated carbocycles. The lowest BCUT2D eigenvalue weighted by Gasteiger charge is -2.10. The molecule has 2 nitrogen and oxygen atoms in total. The summed E-state index contributed by atoms with van der Waals surface area (Å²) in [5, 5.41) is 0. The van der Waals surface area contributed by atoms with Crippen LogP contribution in [0.5, 0.6) is 0 Å². The maximum absolute atomic E-state index is 13.1. The molecule has 1 fully saturated rings. The molecule has 0 bridgehead atoms. The number of aryl methyl sites for hydroxylation is 2. The van der Waals surface area contributed by atoms with Gasteiger partial charge in [-0.05, 0) is 43.4 Å². The van der Waals surface area contributed by atoms with Gasteiger partial charge in [0.1, 0.15) is 11.3 Å². The van der Waals surface area contributed by atoms with Gasteiger partial charge in [-0.2, -0.15) is 13.2 Å². The molecule has 2 aromatic rings. The molecule has 18 heavy (non-hydrogen) atoms. The Morgan fingerprint density at radius 1 is 1.28 bits per heavy atom. The highest BCUT2D eigenvalue weighted by Gasteiger charge is 2.36. The maximum atomic E-state index is 13.1. The van der Waals surface area contributed by atoms with E-state index in [1.54, 1.807) is 18.5 Å². The third-order valence-corrected chi connectivity index (χ3v) is 3.59. The zero-order valence-electron chi connectivity index (χ0n) is 10.2. The minimum absolute atomic E-state index is 0.0619. The van der Waals surface area contributed by atoms with Gasteiger partial charge in [-0.3, -0.25) is 0 Å². The summed E-state index contributed by atoms with van der Waals surface area (Å²) in [6.45, 7) is 1.72. The second kappa shape index (κ2) is 3.49. The first-order valence-electron chi connectivity index (χ1n) is 5.92. The van der Waals surface area contributed by atoms with Crippen LogP contribution in [0.2, 0.25) is 0 Å². The van der Waals surface area contributed by atoms with Crippen molar-refractivity contribution in [3.05, 3.63) is 29.1 Å². The molecule has 1 aromatic carbocycles. The summed E-state index contributed by atoms with van der Waals surface area (Å²) in [5.41, 5.74) is 0.819. The summed E-state index contributed by atoms with van der Waals surface area (Å²) in [4.78, 5) is 4.04. The van der Waals surface area contributed by atoms with Crippen molar-refractivity contribution in [1.29, 1.82) is 0 Å². The standard InChI is InChI=1S/C13H13F3N2/c1-7-17-12-10(13(14,15)16)5-9(8-3-4-8)6-11(12)18(7)2/h5-6,8H,3-4H2,1-2H3. The molecule has 0 unspecified atom stereocenters. The molecule has 0 amide bonds. The van der Waals surface area contributed by atoms with Crippen LogP contribution < -0.4 is 0 Å². The van der Waals surface area contributed by atoms with Crippen LogP contribution in [0.3, 0.4) is 0 Å². The van der Waals surface area contributed by atoms with Gasteiger partial charge in [-0.25, -0.2) is 4.98 Å². The van der Waals surface area contributed by atoms with Crippen LogP contribution >= 0.6 is 0 Å². The van der Waals surface area contributed by atoms with E-state index in [9.17, 15) is 13.2 Å². The molecular formula is C13H13F3N2. The fraction of sp³-hybridized carbons (Fsp3) is 0.462. The number of benzene rings is 1. The fourth-order valence-corrected chi connectivity index (χ4v) is 2.29. The largest absolute Gasteiger partial charge is 0.418 e. The van der Waals surface area contributed by atoms with Crippen molar-refractivity contribution in [3.63, 3.8) is 0 Å². The number of rotatable bonds is 1. The van der Waals surface area contributed by atoms with Gasteiger partial charge in [0, 0.05) is 7.05 Å². The van der Waals surface area contributed by atoms with Gasteiger partial charge in [-0.15, -0.1) is 0 Å². The lowest BCUT2D eigenvalue weighted by atomic mass is 10.0. The number of hydrogen-bond acceptors (Lipinski definition) is 1. The Hall–Kier alpha value is -1.52. The summed E-state index contributed by atoms with van der Waals surface area (Å²) in [7, 11) is 1.75. The van der Waals surface area contributed by atoms with Crippen LogP contribution in [0.1, 0.15) is 35.7 Å². The molecular weight excluding hydrogens is 241 g/mol. The van der Waals surface area contributed by atoms with E-state index in [1.165, 1.54) is 6.07 Å². The molecule has 1 aromatic heterocycles.